The fraction of sp³-hybridized carbons (Fsp3) is 0.800. The SMILES string of the molecule is C#CCCC1(CCC(=O)N2CCOCC2CCOC)N=N1. The van der Waals surface area contributed by atoms with Crippen molar-refractivity contribution in [2.24, 2.45) is 10.2 Å². The van der Waals surface area contributed by atoms with Gasteiger partial charge < -0.3 is 14.4 Å². The number of hydrogen-bond acceptors (Lipinski definition) is 5. The van der Waals surface area contributed by atoms with Gasteiger partial charge in [-0.2, -0.15) is 10.2 Å². The number of ether oxygens (including phenoxy) is 2. The van der Waals surface area contributed by atoms with Gasteiger partial charge in [0.2, 0.25) is 5.91 Å². The topological polar surface area (TPSA) is 63.5 Å². The molecule has 0 radical (unpaired) electrons. The molecule has 21 heavy (non-hydrogen) atoms. The van der Waals surface area contributed by atoms with Crippen LogP contribution >= 0.6 is 0 Å². The first-order valence-corrected chi connectivity index (χ1v) is 7.44. The van der Waals surface area contributed by atoms with Crippen LogP contribution in [0.2, 0.25) is 0 Å². The molecule has 0 aromatic rings. The summed E-state index contributed by atoms with van der Waals surface area (Å²) in [6.07, 6.45) is 8.58. The van der Waals surface area contributed by atoms with Crippen molar-refractivity contribution < 1.29 is 14.3 Å². The van der Waals surface area contributed by atoms with Gasteiger partial charge in [-0.3, -0.25) is 4.79 Å². The summed E-state index contributed by atoms with van der Waals surface area (Å²) in [7, 11) is 1.67. The third-order valence-electron chi connectivity index (χ3n) is 3.99. The third-order valence-corrected chi connectivity index (χ3v) is 3.99. The molecule has 0 spiro atoms. The summed E-state index contributed by atoms with van der Waals surface area (Å²) >= 11 is 0. The fourth-order valence-corrected chi connectivity index (χ4v) is 2.60. The lowest BCUT2D eigenvalue weighted by Gasteiger charge is -2.35. The van der Waals surface area contributed by atoms with E-state index in [0.29, 0.717) is 45.6 Å². The van der Waals surface area contributed by atoms with Gasteiger partial charge in [-0.05, 0) is 6.42 Å². The summed E-state index contributed by atoms with van der Waals surface area (Å²) in [5.74, 6) is 2.75. The summed E-state index contributed by atoms with van der Waals surface area (Å²) in [6.45, 7) is 2.48. The van der Waals surface area contributed by atoms with Crippen LogP contribution in [0.3, 0.4) is 0 Å². The van der Waals surface area contributed by atoms with Crippen molar-refractivity contribution in [1.29, 1.82) is 0 Å². The van der Waals surface area contributed by atoms with Gasteiger partial charge in [-0.15, -0.1) is 12.3 Å². The number of rotatable bonds is 8. The standard InChI is InChI=1S/C15H23N3O3/c1-3-4-7-15(16-17-15)8-5-14(19)18-9-11-21-12-13(18)6-10-20-2/h1,13H,4-12H2,2H3. The van der Waals surface area contributed by atoms with Gasteiger partial charge in [0.25, 0.3) is 0 Å². The van der Waals surface area contributed by atoms with Gasteiger partial charge in [0.15, 0.2) is 5.66 Å². The molecule has 116 valence electrons. The van der Waals surface area contributed by atoms with Crippen LogP contribution in [0.5, 0.6) is 0 Å². The van der Waals surface area contributed by atoms with Crippen LogP contribution in [-0.2, 0) is 14.3 Å². The zero-order chi connectivity index (χ0) is 15.1. The highest BCUT2D eigenvalue weighted by Crippen LogP contribution is 2.37. The van der Waals surface area contributed by atoms with Gasteiger partial charge in [-0.25, -0.2) is 0 Å². The molecule has 2 aliphatic rings. The minimum Gasteiger partial charge on any atom is -0.385 e. The van der Waals surface area contributed by atoms with E-state index in [1.54, 1.807) is 7.11 Å². The number of terminal acetylenes is 1. The van der Waals surface area contributed by atoms with E-state index in [-0.39, 0.29) is 17.6 Å². The van der Waals surface area contributed by atoms with E-state index in [1.807, 2.05) is 4.90 Å². The van der Waals surface area contributed by atoms with Crippen molar-refractivity contribution in [1.82, 2.24) is 4.90 Å². The van der Waals surface area contributed by atoms with E-state index in [9.17, 15) is 4.79 Å². The first-order chi connectivity index (χ1) is 10.2. The molecule has 0 saturated carbocycles. The Kier molecular flexibility index (Phi) is 5.71. The lowest BCUT2D eigenvalue weighted by atomic mass is 10.0. The molecular formula is C15H23N3O3. The number of carbonyl (C=O) groups excluding carboxylic acids is 1. The molecule has 0 aromatic carbocycles. The number of nitrogens with zero attached hydrogens (tertiary/aromatic N) is 3. The molecule has 0 aromatic heterocycles. The number of carbonyl (C=O) groups is 1. The van der Waals surface area contributed by atoms with Gasteiger partial charge in [0.05, 0.1) is 19.3 Å². The largest absolute Gasteiger partial charge is 0.385 e. The maximum atomic E-state index is 12.4. The van der Waals surface area contributed by atoms with Crippen LogP contribution < -0.4 is 0 Å². The Morgan fingerprint density at radius 2 is 2.33 bits per heavy atom. The van der Waals surface area contributed by atoms with Crippen LogP contribution in [-0.4, -0.2) is 56.0 Å². The zero-order valence-electron chi connectivity index (χ0n) is 12.6. The first-order valence-electron chi connectivity index (χ1n) is 7.44. The number of amides is 1. The minimum absolute atomic E-state index is 0.112. The van der Waals surface area contributed by atoms with Crippen molar-refractivity contribution in [3.8, 4) is 12.3 Å². The molecular weight excluding hydrogens is 270 g/mol. The molecule has 2 aliphatic heterocycles. The molecule has 6 nitrogen and oxygen atoms in total. The minimum atomic E-state index is -0.379. The van der Waals surface area contributed by atoms with Crippen LogP contribution in [0.15, 0.2) is 10.2 Å². The Morgan fingerprint density at radius 3 is 3.00 bits per heavy atom. The number of hydrogen-bond donors (Lipinski definition) is 0. The molecule has 0 aliphatic carbocycles. The fourth-order valence-electron chi connectivity index (χ4n) is 2.60. The van der Waals surface area contributed by atoms with E-state index in [1.165, 1.54) is 0 Å². The second kappa shape index (κ2) is 7.53. The normalized spacial score (nSPS) is 22.9. The van der Waals surface area contributed by atoms with Crippen LogP contribution in [0.25, 0.3) is 0 Å². The molecule has 6 heteroatoms. The average molecular weight is 293 g/mol. The monoisotopic (exact) mass is 293 g/mol. The van der Waals surface area contributed by atoms with Gasteiger partial charge >= 0.3 is 0 Å². The molecule has 1 atom stereocenters. The van der Waals surface area contributed by atoms with Crippen molar-refractivity contribution >= 4 is 5.91 Å². The van der Waals surface area contributed by atoms with E-state index >= 15 is 0 Å². The van der Waals surface area contributed by atoms with Crippen molar-refractivity contribution in [3.63, 3.8) is 0 Å². The average Bonchev–Trinajstić information content (AvgIpc) is 3.29. The van der Waals surface area contributed by atoms with E-state index in [0.717, 1.165) is 12.8 Å². The predicted molar refractivity (Wildman–Crippen MR) is 77.7 cm³/mol. The van der Waals surface area contributed by atoms with Crippen molar-refractivity contribution in [3.05, 3.63) is 0 Å². The second-order valence-corrected chi connectivity index (χ2v) is 5.48. The number of morpholine rings is 1. The molecule has 0 bridgehead atoms. The number of methoxy groups -OCH3 is 1. The summed E-state index contributed by atoms with van der Waals surface area (Å²) < 4.78 is 10.6. The van der Waals surface area contributed by atoms with E-state index in [2.05, 4.69) is 16.1 Å². The Morgan fingerprint density at radius 1 is 1.52 bits per heavy atom. The van der Waals surface area contributed by atoms with Crippen molar-refractivity contribution in [2.45, 2.75) is 43.8 Å². The molecule has 2 heterocycles. The zero-order valence-corrected chi connectivity index (χ0v) is 12.6. The van der Waals surface area contributed by atoms with Crippen LogP contribution in [0.4, 0.5) is 0 Å². The van der Waals surface area contributed by atoms with Gasteiger partial charge in [0.1, 0.15) is 0 Å². The molecule has 0 N–H and O–H groups in total. The summed E-state index contributed by atoms with van der Waals surface area (Å²) in [6, 6.07) is 0.112. The molecule has 1 saturated heterocycles. The second-order valence-electron chi connectivity index (χ2n) is 5.48. The molecule has 1 unspecified atom stereocenters. The first kappa shape index (κ1) is 15.9. The highest BCUT2D eigenvalue weighted by molar-refractivity contribution is 5.76. The molecule has 1 amide bonds. The maximum Gasteiger partial charge on any atom is 0.223 e. The highest BCUT2D eigenvalue weighted by atomic mass is 16.5. The Bertz CT molecular complexity index is 424. The molecule has 1 fully saturated rings. The van der Waals surface area contributed by atoms with Gasteiger partial charge in [0, 0.05) is 45.9 Å². The van der Waals surface area contributed by atoms with E-state index in [4.69, 9.17) is 15.9 Å². The smallest absolute Gasteiger partial charge is 0.223 e. The quantitative estimate of drug-likeness (QED) is 0.639. The van der Waals surface area contributed by atoms with Crippen LogP contribution in [0, 0.1) is 12.3 Å². The predicted octanol–water partition coefficient (Wildman–Crippen LogP) is 1.61. The third kappa shape index (κ3) is 4.51. The van der Waals surface area contributed by atoms with E-state index < -0.39 is 0 Å². The van der Waals surface area contributed by atoms with Gasteiger partial charge in [-0.1, -0.05) is 0 Å². The maximum absolute atomic E-state index is 12.4. The Hall–Kier alpha value is -1.45. The molecule has 2 rings (SSSR count). The Balaban J connectivity index is 1.79. The summed E-state index contributed by atoms with van der Waals surface area (Å²) in [5.41, 5.74) is -0.379. The lowest BCUT2D eigenvalue weighted by molar-refractivity contribution is -0.140. The van der Waals surface area contributed by atoms with Crippen molar-refractivity contribution in [2.75, 3.05) is 33.5 Å². The summed E-state index contributed by atoms with van der Waals surface area (Å²) in [4.78, 5) is 14.3. The Labute approximate surface area is 125 Å². The highest BCUT2D eigenvalue weighted by Gasteiger charge is 2.40. The van der Waals surface area contributed by atoms with Crippen LogP contribution in [0.1, 0.15) is 32.1 Å². The lowest BCUT2D eigenvalue weighted by Crippen LogP contribution is -2.49. The summed E-state index contributed by atoms with van der Waals surface area (Å²) in [5, 5.41) is 8.14.